The molecule has 0 aliphatic rings. The van der Waals surface area contributed by atoms with Gasteiger partial charge >= 0.3 is 0 Å². The van der Waals surface area contributed by atoms with Crippen LogP contribution in [0.1, 0.15) is 39.5 Å². The summed E-state index contributed by atoms with van der Waals surface area (Å²) in [4.78, 5) is 15.7. The van der Waals surface area contributed by atoms with E-state index in [0.717, 1.165) is 19.6 Å². The first-order valence-electron chi connectivity index (χ1n) is 6.48. The van der Waals surface area contributed by atoms with E-state index in [0.29, 0.717) is 19.4 Å². The molecule has 4 nitrogen and oxygen atoms in total. The van der Waals surface area contributed by atoms with Crippen molar-refractivity contribution in [3.8, 4) is 6.07 Å². The van der Waals surface area contributed by atoms with Gasteiger partial charge in [-0.25, -0.2) is 0 Å². The SMILES string of the molecule is CCCCN(CC)CCC(=O)N(C)CCC#N. The maximum atomic E-state index is 11.7. The van der Waals surface area contributed by atoms with Gasteiger partial charge in [-0.1, -0.05) is 20.3 Å². The van der Waals surface area contributed by atoms with Gasteiger partial charge in [-0.05, 0) is 19.5 Å². The van der Waals surface area contributed by atoms with Crippen LogP contribution in [0, 0.1) is 11.3 Å². The molecule has 0 saturated heterocycles. The largest absolute Gasteiger partial charge is 0.345 e. The summed E-state index contributed by atoms with van der Waals surface area (Å²) in [6, 6.07) is 2.05. The topological polar surface area (TPSA) is 47.3 Å². The van der Waals surface area contributed by atoms with Gasteiger partial charge in [0.15, 0.2) is 0 Å². The van der Waals surface area contributed by atoms with Gasteiger partial charge < -0.3 is 9.80 Å². The quantitative estimate of drug-likeness (QED) is 0.617. The third kappa shape index (κ3) is 7.76. The van der Waals surface area contributed by atoms with Gasteiger partial charge in [0.2, 0.25) is 5.91 Å². The Balaban J connectivity index is 3.83. The summed E-state index contributed by atoms with van der Waals surface area (Å²) in [7, 11) is 1.77. The lowest BCUT2D eigenvalue weighted by atomic mass is 10.2. The lowest BCUT2D eigenvalue weighted by Crippen LogP contribution is -2.33. The van der Waals surface area contributed by atoms with Crippen LogP contribution in [0.4, 0.5) is 0 Å². The van der Waals surface area contributed by atoms with Crippen molar-refractivity contribution in [3.05, 3.63) is 0 Å². The molecule has 0 saturated carbocycles. The van der Waals surface area contributed by atoms with Crippen LogP contribution >= 0.6 is 0 Å². The molecule has 0 rings (SSSR count). The molecule has 0 fully saturated rings. The monoisotopic (exact) mass is 239 g/mol. The first-order chi connectivity index (χ1) is 8.15. The highest BCUT2D eigenvalue weighted by molar-refractivity contribution is 5.76. The van der Waals surface area contributed by atoms with E-state index < -0.39 is 0 Å². The minimum atomic E-state index is 0.134. The van der Waals surface area contributed by atoms with Crippen molar-refractivity contribution >= 4 is 5.91 Å². The van der Waals surface area contributed by atoms with Crippen LogP contribution in [0.2, 0.25) is 0 Å². The fraction of sp³-hybridized carbons (Fsp3) is 0.846. The van der Waals surface area contributed by atoms with Crippen LogP contribution in [0.5, 0.6) is 0 Å². The second-order valence-electron chi connectivity index (χ2n) is 4.26. The number of rotatable bonds is 9. The summed E-state index contributed by atoms with van der Waals surface area (Å²) >= 11 is 0. The summed E-state index contributed by atoms with van der Waals surface area (Å²) in [5.41, 5.74) is 0. The van der Waals surface area contributed by atoms with Gasteiger partial charge in [0.05, 0.1) is 12.5 Å². The Labute approximate surface area is 105 Å². The van der Waals surface area contributed by atoms with E-state index in [1.165, 1.54) is 12.8 Å². The van der Waals surface area contributed by atoms with Gasteiger partial charge in [-0.15, -0.1) is 0 Å². The number of carbonyl (C=O) groups excluding carboxylic acids is 1. The highest BCUT2D eigenvalue weighted by Gasteiger charge is 2.10. The van der Waals surface area contributed by atoms with Crippen LogP contribution < -0.4 is 0 Å². The zero-order chi connectivity index (χ0) is 13.1. The average molecular weight is 239 g/mol. The van der Waals surface area contributed by atoms with Gasteiger partial charge in [0, 0.05) is 26.6 Å². The first-order valence-corrected chi connectivity index (χ1v) is 6.48. The van der Waals surface area contributed by atoms with E-state index in [2.05, 4.69) is 24.8 Å². The standard InChI is InChI=1S/C13H25N3O/c1-4-6-11-16(5-2)12-8-13(17)15(3)10-7-9-14/h4-8,10-12H2,1-3H3. The molecule has 98 valence electrons. The van der Waals surface area contributed by atoms with Crippen molar-refractivity contribution in [2.45, 2.75) is 39.5 Å². The molecule has 0 aromatic rings. The minimum absolute atomic E-state index is 0.134. The Kier molecular flexibility index (Phi) is 9.46. The van der Waals surface area contributed by atoms with Crippen LogP contribution in [0.15, 0.2) is 0 Å². The molecule has 4 heteroatoms. The molecule has 0 radical (unpaired) electrons. The van der Waals surface area contributed by atoms with Crippen molar-refractivity contribution in [3.63, 3.8) is 0 Å². The van der Waals surface area contributed by atoms with Crippen LogP contribution in [0.3, 0.4) is 0 Å². The normalized spacial score (nSPS) is 10.3. The van der Waals surface area contributed by atoms with Crippen molar-refractivity contribution in [1.29, 1.82) is 5.26 Å². The molecule has 0 heterocycles. The fourth-order valence-corrected chi connectivity index (χ4v) is 1.60. The number of amides is 1. The predicted octanol–water partition coefficient (Wildman–Crippen LogP) is 1.87. The van der Waals surface area contributed by atoms with Gasteiger partial charge in [0.1, 0.15) is 0 Å². The Morgan fingerprint density at radius 3 is 2.47 bits per heavy atom. The minimum Gasteiger partial charge on any atom is -0.345 e. The van der Waals surface area contributed by atoms with Crippen molar-refractivity contribution in [2.24, 2.45) is 0 Å². The molecule has 0 unspecified atom stereocenters. The smallest absolute Gasteiger partial charge is 0.223 e. The van der Waals surface area contributed by atoms with E-state index in [-0.39, 0.29) is 5.91 Å². The summed E-state index contributed by atoms with van der Waals surface area (Å²) in [5.74, 6) is 0.134. The summed E-state index contributed by atoms with van der Waals surface area (Å²) in [6.07, 6.45) is 3.34. The molecular formula is C13H25N3O. The lowest BCUT2D eigenvalue weighted by molar-refractivity contribution is -0.130. The molecule has 0 aliphatic carbocycles. The highest BCUT2D eigenvalue weighted by Crippen LogP contribution is 1.99. The maximum absolute atomic E-state index is 11.7. The highest BCUT2D eigenvalue weighted by atomic mass is 16.2. The van der Waals surface area contributed by atoms with E-state index in [4.69, 9.17) is 5.26 Å². The van der Waals surface area contributed by atoms with Crippen molar-refractivity contribution < 1.29 is 4.79 Å². The summed E-state index contributed by atoms with van der Waals surface area (Å²) in [6.45, 7) is 7.73. The third-order valence-electron chi connectivity index (χ3n) is 2.90. The third-order valence-corrected chi connectivity index (χ3v) is 2.90. The molecule has 0 N–H and O–H groups in total. The Bertz CT molecular complexity index is 248. The molecule has 0 aliphatic heterocycles. The number of nitrogens with zero attached hydrogens (tertiary/aromatic N) is 3. The Hall–Kier alpha value is -1.08. The zero-order valence-electron chi connectivity index (χ0n) is 11.4. The first kappa shape index (κ1) is 15.9. The van der Waals surface area contributed by atoms with E-state index >= 15 is 0 Å². The summed E-state index contributed by atoms with van der Waals surface area (Å²) < 4.78 is 0. The number of nitriles is 1. The predicted molar refractivity (Wildman–Crippen MR) is 69.5 cm³/mol. The second kappa shape index (κ2) is 10.1. The zero-order valence-corrected chi connectivity index (χ0v) is 11.4. The lowest BCUT2D eigenvalue weighted by Gasteiger charge is -2.21. The number of carbonyl (C=O) groups is 1. The van der Waals surface area contributed by atoms with E-state index in [1.807, 2.05) is 0 Å². The molecule has 0 bridgehead atoms. The average Bonchev–Trinajstić information content (AvgIpc) is 2.35. The Morgan fingerprint density at radius 1 is 1.24 bits per heavy atom. The van der Waals surface area contributed by atoms with Gasteiger partial charge in [-0.3, -0.25) is 4.79 Å². The number of hydrogen-bond acceptors (Lipinski definition) is 3. The summed E-state index contributed by atoms with van der Waals surface area (Å²) in [5, 5.41) is 8.45. The van der Waals surface area contributed by atoms with Gasteiger partial charge in [0.25, 0.3) is 0 Å². The van der Waals surface area contributed by atoms with E-state index in [1.54, 1.807) is 11.9 Å². The molecule has 0 atom stereocenters. The van der Waals surface area contributed by atoms with Gasteiger partial charge in [-0.2, -0.15) is 5.26 Å². The number of unbranched alkanes of at least 4 members (excludes halogenated alkanes) is 1. The molecule has 0 spiro atoms. The van der Waals surface area contributed by atoms with Crippen LogP contribution in [-0.4, -0.2) is 48.9 Å². The Morgan fingerprint density at radius 2 is 1.94 bits per heavy atom. The fourth-order valence-electron chi connectivity index (χ4n) is 1.60. The van der Waals surface area contributed by atoms with Crippen molar-refractivity contribution in [1.82, 2.24) is 9.80 Å². The van der Waals surface area contributed by atoms with Crippen LogP contribution in [-0.2, 0) is 4.79 Å². The molecule has 0 aromatic heterocycles. The maximum Gasteiger partial charge on any atom is 0.223 e. The number of hydrogen-bond donors (Lipinski definition) is 0. The second-order valence-corrected chi connectivity index (χ2v) is 4.26. The molecular weight excluding hydrogens is 214 g/mol. The molecule has 17 heavy (non-hydrogen) atoms. The van der Waals surface area contributed by atoms with E-state index in [9.17, 15) is 4.79 Å². The molecule has 1 amide bonds. The van der Waals surface area contributed by atoms with Crippen molar-refractivity contribution in [2.75, 3.05) is 33.2 Å². The van der Waals surface area contributed by atoms with Crippen LogP contribution in [0.25, 0.3) is 0 Å². The molecule has 0 aromatic carbocycles.